The summed E-state index contributed by atoms with van der Waals surface area (Å²) in [7, 11) is 0. The van der Waals surface area contributed by atoms with Crippen molar-refractivity contribution in [1.82, 2.24) is 9.55 Å². The Labute approximate surface area is 116 Å². The molecular formula is C13H19F2N3O2. The largest absolute Gasteiger partial charge is 0.443 e. The number of halogens is 2. The van der Waals surface area contributed by atoms with Gasteiger partial charge in [-0.15, -0.1) is 0 Å². The van der Waals surface area contributed by atoms with Gasteiger partial charge >= 0.3 is 6.09 Å². The number of nitrogens with zero attached hydrogens (tertiary/aromatic N) is 2. The summed E-state index contributed by atoms with van der Waals surface area (Å²) in [5.41, 5.74) is 4.56. The van der Waals surface area contributed by atoms with Crippen molar-refractivity contribution in [2.45, 2.75) is 50.6 Å². The number of carbonyl (C=O) groups excluding carboxylic acids is 1. The van der Waals surface area contributed by atoms with Gasteiger partial charge in [-0.25, -0.2) is 23.1 Å². The summed E-state index contributed by atoms with van der Waals surface area (Å²) in [4.78, 5) is 15.9. The molecule has 2 N–H and O–H groups in total. The Kier molecular flexibility index (Phi) is 3.36. The number of rotatable bonds is 2. The third kappa shape index (κ3) is 2.82. The molecule has 20 heavy (non-hydrogen) atoms. The van der Waals surface area contributed by atoms with Crippen molar-refractivity contribution >= 4 is 6.09 Å². The second kappa shape index (κ2) is 4.51. The third-order valence-electron chi connectivity index (χ3n) is 3.32. The van der Waals surface area contributed by atoms with Crippen LogP contribution in [0.3, 0.4) is 0 Å². The number of hydrogen-bond donors (Lipinski definition) is 1. The summed E-state index contributed by atoms with van der Waals surface area (Å²) in [6, 6.07) is 0. The van der Waals surface area contributed by atoms with E-state index in [2.05, 4.69) is 4.98 Å². The number of carbonyl (C=O) groups is 1. The van der Waals surface area contributed by atoms with Crippen LogP contribution < -0.4 is 5.73 Å². The van der Waals surface area contributed by atoms with Crippen LogP contribution in [-0.2, 0) is 10.2 Å². The molecule has 0 radical (unpaired) electrons. The van der Waals surface area contributed by atoms with Gasteiger partial charge in [-0.1, -0.05) is 0 Å². The van der Waals surface area contributed by atoms with Crippen LogP contribution in [0.2, 0.25) is 0 Å². The molecule has 0 aromatic carbocycles. The molecule has 0 bridgehead atoms. The van der Waals surface area contributed by atoms with E-state index in [-0.39, 0.29) is 19.4 Å². The topological polar surface area (TPSA) is 70.1 Å². The molecule has 112 valence electrons. The van der Waals surface area contributed by atoms with E-state index in [1.165, 1.54) is 12.5 Å². The molecule has 0 spiro atoms. The zero-order valence-corrected chi connectivity index (χ0v) is 11.8. The number of nitrogens with two attached hydrogens (primary N) is 1. The summed E-state index contributed by atoms with van der Waals surface area (Å²) in [6.07, 6.45) is 1.45. The standard InChI is InChI=1S/C13H19F2N3O2/c1-11(2,3)20-10(19)18-4-9(17-8-18)12(7-16)5-13(14,15)6-12/h4,8H,5-7,16H2,1-3H3. The van der Waals surface area contributed by atoms with Gasteiger partial charge in [-0.05, 0) is 20.8 Å². The van der Waals surface area contributed by atoms with Crippen LogP contribution in [0, 0.1) is 0 Å². The highest BCUT2D eigenvalue weighted by molar-refractivity contribution is 5.70. The molecule has 0 saturated heterocycles. The van der Waals surface area contributed by atoms with Crippen molar-refractivity contribution < 1.29 is 18.3 Å². The van der Waals surface area contributed by atoms with E-state index in [1.54, 1.807) is 20.8 Å². The summed E-state index contributed by atoms with van der Waals surface area (Å²) in [5, 5.41) is 0. The highest BCUT2D eigenvalue weighted by Crippen LogP contribution is 2.52. The van der Waals surface area contributed by atoms with Gasteiger partial charge in [0.25, 0.3) is 0 Å². The molecule has 0 atom stereocenters. The first-order valence-electron chi connectivity index (χ1n) is 6.43. The van der Waals surface area contributed by atoms with Gasteiger partial charge in [0, 0.05) is 31.0 Å². The first kappa shape index (κ1) is 14.9. The maximum absolute atomic E-state index is 13.1. The Hall–Kier alpha value is -1.50. The lowest BCUT2D eigenvalue weighted by atomic mass is 9.64. The summed E-state index contributed by atoms with van der Waals surface area (Å²) in [5.74, 6) is -2.70. The Morgan fingerprint density at radius 2 is 2.10 bits per heavy atom. The lowest BCUT2D eigenvalue weighted by molar-refractivity contribution is -0.124. The molecule has 5 nitrogen and oxygen atoms in total. The maximum Gasteiger partial charge on any atom is 0.419 e. The second-order valence-electron chi connectivity index (χ2n) is 6.34. The molecule has 2 rings (SSSR count). The molecular weight excluding hydrogens is 268 g/mol. The summed E-state index contributed by atoms with van der Waals surface area (Å²) in [6.45, 7) is 5.32. The monoisotopic (exact) mass is 287 g/mol. The molecule has 7 heteroatoms. The average molecular weight is 287 g/mol. The van der Waals surface area contributed by atoms with Crippen LogP contribution >= 0.6 is 0 Å². The Morgan fingerprint density at radius 3 is 2.55 bits per heavy atom. The van der Waals surface area contributed by atoms with E-state index in [0.717, 1.165) is 4.57 Å². The van der Waals surface area contributed by atoms with Crippen LogP contribution in [0.15, 0.2) is 12.5 Å². The molecule has 1 saturated carbocycles. The SMILES string of the molecule is CC(C)(C)OC(=O)n1cnc(C2(CN)CC(F)(F)C2)c1. The minimum Gasteiger partial charge on any atom is -0.443 e. The lowest BCUT2D eigenvalue weighted by Crippen LogP contribution is -2.54. The maximum atomic E-state index is 13.1. The summed E-state index contributed by atoms with van der Waals surface area (Å²) < 4.78 is 32.6. The van der Waals surface area contributed by atoms with Crippen LogP contribution in [0.1, 0.15) is 39.3 Å². The zero-order chi connectivity index (χ0) is 15.2. The number of aromatic nitrogens is 2. The van der Waals surface area contributed by atoms with Crippen molar-refractivity contribution in [3.8, 4) is 0 Å². The summed E-state index contributed by atoms with van der Waals surface area (Å²) >= 11 is 0. The first-order chi connectivity index (χ1) is 9.07. The van der Waals surface area contributed by atoms with Crippen LogP contribution in [-0.4, -0.2) is 33.7 Å². The lowest BCUT2D eigenvalue weighted by Gasteiger charge is -2.45. The van der Waals surface area contributed by atoms with E-state index in [4.69, 9.17) is 10.5 Å². The van der Waals surface area contributed by atoms with Crippen molar-refractivity contribution in [1.29, 1.82) is 0 Å². The fraction of sp³-hybridized carbons (Fsp3) is 0.692. The Bertz CT molecular complexity index is 512. The minimum atomic E-state index is -2.70. The van der Waals surface area contributed by atoms with Gasteiger partial charge in [-0.2, -0.15) is 0 Å². The molecule has 0 unspecified atom stereocenters. The molecule has 1 aliphatic rings. The number of ether oxygens (including phenoxy) is 1. The Morgan fingerprint density at radius 1 is 1.50 bits per heavy atom. The van der Waals surface area contributed by atoms with Crippen molar-refractivity contribution in [3.05, 3.63) is 18.2 Å². The molecule has 0 aliphatic heterocycles. The van der Waals surface area contributed by atoms with Crippen molar-refractivity contribution in [2.75, 3.05) is 6.54 Å². The van der Waals surface area contributed by atoms with Crippen molar-refractivity contribution in [3.63, 3.8) is 0 Å². The average Bonchev–Trinajstić information content (AvgIpc) is 2.72. The predicted molar refractivity (Wildman–Crippen MR) is 68.8 cm³/mol. The highest BCUT2D eigenvalue weighted by atomic mass is 19.3. The van der Waals surface area contributed by atoms with E-state index < -0.39 is 23.0 Å². The van der Waals surface area contributed by atoms with E-state index >= 15 is 0 Å². The van der Waals surface area contributed by atoms with E-state index in [9.17, 15) is 13.6 Å². The molecule has 1 aliphatic carbocycles. The quantitative estimate of drug-likeness (QED) is 0.906. The molecule has 1 aromatic heterocycles. The van der Waals surface area contributed by atoms with Gasteiger partial charge in [0.15, 0.2) is 0 Å². The number of hydrogen-bond acceptors (Lipinski definition) is 4. The van der Waals surface area contributed by atoms with Gasteiger partial charge in [0.1, 0.15) is 11.9 Å². The third-order valence-corrected chi connectivity index (χ3v) is 3.32. The van der Waals surface area contributed by atoms with Gasteiger partial charge in [-0.3, -0.25) is 0 Å². The van der Waals surface area contributed by atoms with E-state index in [1.807, 2.05) is 0 Å². The zero-order valence-electron chi connectivity index (χ0n) is 11.8. The number of imidazole rings is 1. The van der Waals surface area contributed by atoms with Crippen LogP contribution in [0.25, 0.3) is 0 Å². The van der Waals surface area contributed by atoms with Crippen molar-refractivity contribution in [2.24, 2.45) is 5.73 Å². The number of alkyl halides is 2. The highest BCUT2D eigenvalue weighted by Gasteiger charge is 2.57. The first-order valence-corrected chi connectivity index (χ1v) is 6.43. The smallest absolute Gasteiger partial charge is 0.419 e. The molecule has 1 aromatic rings. The van der Waals surface area contributed by atoms with Crippen LogP contribution in [0.5, 0.6) is 0 Å². The molecule has 0 amide bonds. The molecule has 1 heterocycles. The predicted octanol–water partition coefficient (Wildman–Crippen LogP) is 2.29. The Balaban J connectivity index is 2.15. The van der Waals surface area contributed by atoms with Gasteiger partial charge in [0.05, 0.1) is 5.69 Å². The van der Waals surface area contributed by atoms with E-state index in [0.29, 0.717) is 5.69 Å². The normalized spacial score (nSPS) is 20.3. The van der Waals surface area contributed by atoms with Gasteiger partial charge in [0.2, 0.25) is 5.92 Å². The minimum absolute atomic E-state index is 0.0773. The second-order valence-corrected chi connectivity index (χ2v) is 6.34. The van der Waals surface area contributed by atoms with Crippen LogP contribution in [0.4, 0.5) is 13.6 Å². The van der Waals surface area contributed by atoms with Gasteiger partial charge < -0.3 is 10.5 Å². The fourth-order valence-electron chi connectivity index (χ4n) is 2.38. The molecule has 1 fully saturated rings. The fourth-order valence-corrected chi connectivity index (χ4v) is 2.38.